The molecule has 0 atom stereocenters. The number of para-hydroxylation sites is 1. The van der Waals surface area contributed by atoms with Crippen LogP contribution in [-0.4, -0.2) is 27.6 Å². The highest BCUT2D eigenvalue weighted by atomic mass is 32.1. The molecule has 0 saturated carbocycles. The van der Waals surface area contributed by atoms with Crippen LogP contribution >= 0.6 is 11.3 Å². The van der Waals surface area contributed by atoms with Crippen LogP contribution in [0.25, 0.3) is 21.8 Å². The number of benzene rings is 1. The zero-order valence-electron chi connectivity index (χ0n) is 13.3. The summed E-state index contributed by atoms with van der Waals surface area (Å²) in [5.41, 5.74) is 1.41. The van der Waals surface area contributed by atoms with Crippen molar-refractivity contribution >= 4 is 39.0 Å². The monoisotopic (exact) mass is 354 g/mol. The van der Waals surface area contributed by atoms with Crippen LogP contribution in [0.4, 0.5) is 0 Å². The van der Waals surface area contributed by atoms with Gasteiger partial charge in [0.25, 0.3) is 10.6 Å². The number of carbonyl (C=O) groups is 1. The molecule has 0 saturated heterocycles. The third-order valence-electron chi connectivity index (χ3n) is 3.85. The van der Waals surface area contributed by atoms with Gasteiger partial charge >= 0.3 is 0 Å². The first-order valence-electron chi connectivity index (χ1n) is 7.74. The Kier molecular flexibility index (Phi) is 3.81. The van der Waals surface area contributed by atoms with Crippen molar-refractivity contribution in [2.75, 3.05) is 6.54 Å². The smallest absolute Gasteiger partial charge is 0.261 e. The Labute approximate surface area is 145 Å². The second kappa shape index (κ2) is 6.14. The quantitative estimate of drug-likeness (QED) is 0.586. The minimum atomic E-state index is -0.287. The molecule has 0 aliphatic carbocycles. The Morgan fingerprint density at radius 2 is 2.16 bits per heavy atom. The lowest BCUT2D eigenvalue weighted by Gasteiger charge is -2.03. The van der Waals surface area contributed by atoms with Crippen molar-refractivity contribution in [1.82, 2.24) is 20.4 Å². The van der Waals surface area contributed by atoms with E-state index >= 15 is 0 Å². The molecule has 4 aromatic rings. The van der Waals surface area contributed by atoms with E-state index in [9.17, 15) is 9.59 Å². The number of aromatic amines is 1. The van der Waals surface area contributed by atoms with Crippen molar-refractivity contribution in [3.05, 3.63) is 56.5 Å². The third-order valence-corrected chi connectivity index (χ3v) is 4.76. The second-order valence-electron chi connectivity index (χ2n) is 5.60. The van der Waals surface area contributed by atoms with Gasteiger partial charge in [0.2, 0.25) is 5.89 Å². The van der Waals surface area contributed by atoms with Gasteiger partial charge in [-0.3, -0.25) is 9.59 Å². The molecule has 0 spiro atoms. The summed E-state index contributed by atoms with van der Waals surface area (Å²) >= 11 is 0.930. The molecule has 0 fully saturated rings. The van der Waals surface area contributed by atoms with Crippen LogP contribution in [0.15, 0.2) is 39.6 Å². The molecule has 8 heteroatoms. The van der Waals surface area contributed by atoms with Gasteiger partial charge in [0.1, 0.15) is 5.52 Å². The number of aromatic nitrogens is 3. The lowest BCUT2D eigenvalue weighted by molar-refractivity contribution is 0.0957. The van der Waals surface area contributed by atoms with E-state index < -0.39 is 0 Å². The zero-order valence-corrected chi connectivity index (χ0v) is 14.1. The van der Waals surface area contributed by atoms with Gasteiger partial charge < -0.3 is 14.8 Å². The summed E-state index contributed by atoms with van der Waals surface area (Å²) in [4.78, 5) is 32.3. The highest BCUT2D eigenvalue weighted by Crippen LogP contribution is 2.25. The van der Waals surface area contributed by atoms with Crippen molar-refractivity contribution in [2.24, 2.45) is 0 Å². The summed E-state index contributed by atoms with van der Waals surface area (Å²) in [5.74, 6) is 0.743. The van der Waals surface area contributed by atoms with Gasteiger partial charge in [0.15, 0.2) is 5.82 Å². The Hall–Kier alpha value is -3.00. The number of hydrogen-bond donors (Lipinski definition) is 2. The topological polar surface area (TPSA) is 101 Å². The summed E-state index contributed by atoms with van der Waals surface area (Å²) in [6.45, 7) is 2.09. The summed E-state index contributed by atoms with van der Waals surface area (Å²) in [6, 6.07) is 9.40. The van der Waals surface area contributed by atoms with Crippen molar-refractivity contribution in [2.45, 2.75) is 13.3 Å². The van der Waals surface area contributed by atoms with Crippen LogP contribution in [0.5, 0.6) is 0 Å². The average molecular weight is 354 g/mol. The van der Waals surface area contributed by atoms with Gasteiger partial charge in [-0.1, -0.05) is 34.7 Å². The Balaban J connectivity index is 1.59. The van der Waals surface area contributed by atoms with E-state index in [1.54, 1.807) is 13.0 Å². The van der Waals surface area contributed by atoms with Crippen molar-refractivity contribution in [3.63, 3.8) is 0 Å². The minimum Gasteiger partial charge on any atom is -0.351 e. The molecule has 3 aromatic heterocycles. The Bertz CT molecular complexity index is 1140. The molecule has 0 radical (unpaired) electrons. The number of rotatable bonds is 4. The maximum absolute atomic E-state index is 12.4. The van der Waals surface area contributed by atoms with E-state index in [1.807, 2.05) is 24.3 Å². The maximum Gasteiger partial charge on any atom is 0.261 e. The van der Waals surface area contributed by atoms with Crippen LogP contribution < -0.4 is 10.1 Å². The van der Waals surface area contributed by atoms with Crippen LogP contribution in [0, 0.1) is 6.92 Å². The zero-order chi connectivity index (χ0) is 17.4. The van der Waals surface area contributed by atoms with Crippen LogP contribution in [-0.2, 0) is 6.42 Å². The normalized spacial score (nSPS) is 11.2. The van der Waals surface area contributed by atoms with Crippen molar-refractivity contribution < 1.29 is 9.32 Å². The van der Waals surface area contributed by atoms with E-state index in [0.29, 0.717) is 35.1 Å². The van der Waals surface area contributed by atoms with Gasteiger partial charge in [-0.05, 0) is 19.1 Å². The molecular formula is C17H14N4O3S. The number of nitrogens with zero attached hydrogens (tertiary/aromatic N) is 2. The summed E-state index contributed by atoms with van der Waals surface area (Å²) in [5, 5.41) is 8.17. The summed E-state index contributed by atoms with van der Waals surface area (Å²) in [7, 11) is 0. The lowest BCUT2D eigenvalue weighted by Crippen LogP contribution is -2.25. The molecule has 3 heterocycles. The van der Waals surface area contributed by atoms with Gasteiger partial charge in [-0.2, -0.15) is 4.98 Å². The molecule has 7 nitrogen and oxygen atoms in total. The van der Waals surface area contributed by atoms with Crippen molar-refractivity contribution in [1.29, 1.82) is 0 Å². The maximum atomic E-state index is 12.4. The third kappa shape index (κ3) is 2.91. The predicted octanol–water partition coefficient (Wildman–Crippen LogP) is 2.41. The predicted molar refractivity (Wildman–Crippen MR) is 95.0 cm³/mol. The fourth-order valence-corrected chi connectivity index (χ4v) is 3.51. The van der Waals surface area contributed by atoms with E-state index in [2.05, 4.69) is 20.4 Å². The van der Waals surface area contributed by atoms with Gasteiger partial charge in [0.05, 0.1) is 4.88 Å². The first-order chi connectivity index (χ1) is 12.1. The lowest BCUT2D eigenvalue weighted by atomic mass is 10.2. The molecule has 0 aliphatic rings. The van der Waals surface area contributed by atoms with Crippen molar-refractivity contribution in [3.8, 4) is 0 Å². The van der Waals surface area contributed by atoms with E-state index in [1.165, 1.54) is 0 Å². The van der Waals surface area contributed by atoms with E-state index in [4.69, 9.17) is 4.52 Å². The fraction of sp³-hybridized carbons (Fsp3) is 0.176. The molecule has 25 heavy (non-hydrogen) atoms. The summed E-state index contributed by atoms with van der Waals surface area (Å²) < 4.78 is 4.84. The first kappa shape index (κ1) is 15.5. The molecule has 0 unspecified atom stereocenters. The number of fused-ring (bicyclic) bond motifs is 3. The SMILES string of the molecule is Cc1noc(CCNC(=O)c2cc3c([nH]c4ccccc43)c(=O)s2)n1. The van der Waals surface area contributed by atoms with Gasteiger partial charge in [-0.15, -0.1) is 0 Å². The highest BCUT2D eigenvalue weighted by molar-refractivity contribution is 7.12. The second-order valence-corrected chi connectivity index (χ2v) is 6.61. The number of H-pyrrole nitrogens is 1. The standard InChI is InChI=1S/C17H14N4O3S/c1-9-19-14(24-21-9)6-7-18-16(22)13-8-11-10-4-2-3-5-12(10)20-15(11)17(23)25-13/h2-5,8,20H,6-7H2,1H3,(H,18,22). The number of carbonyl (C=O) groups excluding carboxylic acids is 1. The molecule has 0 bridgehead atoms. The largest absolute Gasteiger partial charge is 0.351 e. The Morgan fingerprint density at radius 3 is 2.96 bits per heavy atom. The molecule has 1 aromatic carbocycles. The number of nitrogens with one attached hydrogen (secondary N) is 2. The first-order valence-corrected chi connectivity index (χ1v) is 8.55. The van der Waals surface area contributed by atoms with Crippen LogP contribution in [0.2, 0.25) is 0 Å². The highest BCUT2D eigenvalue weighted by Gasteiger charge is 2.14. The van der Waals surface area contributed by atoms with Crippen LogP contribution in [0.3, 0.4) is 0 Å². The number of aryl methyl sites for hydroxylation is 1. The van der Waals surface area contributed by atoms with Gasteiger partial charge in [-0.25, -0.2) is 0 Å². The molecule has 0 aliphatic heterocycles. The van der Waals surface area contributed by atoms with Crippen LogP contribution in [0.1, 0.15) is 21.4 Å². The molecule has 126 valence electrons. The average Bonchev–Trinajstić information content (AvgIpc) is 3.18. The molecule has 1 amide bonds. The minimum absolute atomic E-state index is 0.161. The fourth-order valence-electron chi connectivity index (χ4n) is 2.71. The number of amides is 1. The van der Waals surface area contributed by atoms with E-state index in [-0.39, 0.29) is 10.6 Å². The van der Waals surface area contributed by atoms with E-state index in [0.717, 1.165) is 27.6 Å². The number of hydrogen-bond acceptors (Lipinski definition) is 6. The summed E-state index contributed by atoms with van der Waals surface area (Å²) in [6.07, 6.45) is 0.441. The molecular weight excluding hydrogens is 340 g/mol. The van der Waals surface area contributed by atoms with Gasteiger partial charge in [0, 0.05) is 29.3 Å². The molecule has 4 rings (SSSR count). The Morgan fingerprint density at radius 1 is 1.32 bits per heavy atom. The molecule has 2 N–H and O–H groups in total.